The van der Waals surface area contributed by atoms with Gasteiger partial charge in [0.1, 0.15) is 17.7 Å². The molecule has 1 atom stereocenters. The topological polar surface area (TPSA) is 18.5 Å². The molecule has 138 valence electrons. The van der Waals surface area contributed by atoms with E-state index in [-0.39, 0.29) is 22.4 Å². The van der Waals surface area contributed by atoms with Crippen LogP contribution in [0, 0.1) is 18.6 Å². The van der Waals surface area contributed by atoms with Crippen molar-refractivity contribution in [1.82, 2.24) is 0 Å². The Hall–Kier alpha value is -2.59. The van der Waals surface area contributed by atoms with E-state index in [0.29, 0.717) is 28.9 Å². The first-order chi connectivity index (χ1) is 13.0. The van der Waals surface area contributed by atoms with Crippen molar-refractivity contribution < 1.29 is 18.3 Å². The Labute approximate surface area is 161 Å². The number of hydrogen-bond acceptors (Lipinski definition) is 2. The third-order valence-corrected chi connectivity index (χ3v) is 5.27. The number of aryl methyl sites for hydroxylation is 1. The Morgan fingerprint density at radius 3 is 2.52 bits per heavy atom. The molecule has 0 fully saturated rings. The van der Waals surface area contributed by atoms with Crippen molar-refractivity contribution in [3.05, 3.63) is 81.9 Å². The van der Waals surface area contributed by atoms with Gasteiger partial charge in [0, 0.05) is 29.2 Å². The molecular formula is C22H17ClF2O2. The van der Waals surface area contributed by atoms with E-state index in [1.807, 2.05) is 30.3 Å². The quantitative estimate of drug-likeness (QED) is 0.527. The summed E-state index contributed by atoms with van der Waals surface area (Å²) in [7, 11) is 1.39. The number of ether oxygens (including phenoxy) is 2. The summed E-state index contributed by atoms with van der Waals surface area (Å²) < 4.78 is 40.7. The van der Waals surface area contributed by atoms with E-state index in [1.165, 1.54) is 13.2 Å². The fraction of sp³-hybridized carbons (Fsp3) is 0.182. The molecule has 5 heteroatoms. The van der Waals surface area contributed by atoms with Crippen LogP contribution in [0.2, 0.25) is 5.02 Å². The van der Waals surface area contributed by atoms with Gasteiger partial charge in [-0.05, 0) is 24.1 Å². The first kappa shape index (κ1) is 17.8. The number of methoxy groups -OCH3 is 1. The zero-order chi connectivity index (χ0) is 19.1. The Kier molecular flexibility index (Phi) is 4.52. The molecule has 1 unspecified atom stereocenters. The molecule has 0 aromatic heterocycles. The van der Waals surface area contributed by atoms with Crippen LogP contribution in [-0.2, 0) is 6.42 Å². The zero-order valence-electron chi connectivity index (χ0n) is 14.9. The summed E-state index contributed by atoms with van der Waals surface area (Å²) in [6, 6.07) is 14.2. The average molecular weight is 387 g/mol. The van der Waals surface area contributed by atoms with Crippen molar-refractivity contribution >= 4 is 11.6 Å². The lowest BCUT2D eigenvalue weighted by Gasteiger charge is -2.15. The molecule has 1 aliphatic rings. The van der Waals surface area contributed by atoms with Crippen LogP contribution in [0.3, 0.4) is 0 Å². The van der Waals surface area contributed by atoms with Gasteiger partial charge in [-0.2, -0.15) is 0 Å². The summed E-state index contributed by atoms with van der Waals surface area (Å²) in [5, 5.41) is -0.110. The van der Waals surface area contributed by atoms with Crippen LogP contribution in [-0.4, -0.2) is 7.11 Å². The van der Waals surface area contributed by atoms with Gasteiger partial charge in [0.2, 0.25) is 0 Å². The van der Waals surface area contributed by atoms with Crippen LogP contribution < -0.4 is 9.47 Å². The molecule has 0 aliphatic carbocycles. The van der Waals surface area contributed by atoms with E-state index in [1.54, 1.807) is 19.1 Å². The number of benzene rings is 3. The second-order valence-corrected chi connectivity index (χ2v) is 6.90. The molecule has 4 rings (SSSR count). The van der Waals surface area contributed by atoms with Gasteiger partial charge >= 0.3 is 0 Å². The van der Waals surface area contributed by atoms with Gasteiger partial charge in [-0.25, -0.2) is 8.78 Å². The Morgan fingerprint density at radius 2 is 1.81 bits per heavy atom. The summed E-state index contributed by atoms with van der Waals surface area (Å²) >= 11 is 6.31. The van der Waals surface area contributed by atoms with Gasteiger partial charge in [-0.1, -0.05) is 48.0 Å². The van der Waals surface area contributed by atoms with Crippen LogP contribution in [0.15, 0.2) is 48.5 Å². The predicted octanol–water partition coefficient (Wildman–Crippen LogP) is 6.28. The maximum absolute atomic E-state index is 15.1. The van der Waals surface area contributed by atoms with Gasteiger partial charge < -0.3 is 9.47 Å². The summed E-state index contributed by atoms with van der Waals surface area (Å²) in [5.41, 5.74) is 2.89. The third-order valence-electron chi connectivity index (χ3n) is 4.90. The third kappa shape index (κ3) is 2.94. The van der Waals surface area contributed by atoms with E-state index in [2.05, 4.69) is 0 Å². The lowest BCUT2D eigenvalue weighted by molar-refractivity contribution is 0.238. The van der Waals surface area contributed by atoms with Crippen molar-refractivity contribution in [3.63, 3.8) is 0 Å². The van der Waals surface area contributed by atoms with Crippen LogP contribution in [0.4, 0.5) is 8.78 Å². The van der Waals surface area contributed by atoms with Crippen molar-refractivity contribution in [2.24, 2.45) is 0 Å². The first-order valence-corrected chi connectivity index (χ1v) is 8.95. The molecule has 1 aliphatic heterocycles. The smallest absolute Gasteiger partial charge is 0.173 e. The number of hydrogen-bond donors (Lipinski definition) is 0. The van der Waals surface area contributed by atoms with Crippen LogP contribution in [0.5, 0.6) is 11.5 Å². The molecule has 1 heterocycles. The first-order valence-electron chi connectivity index (χ1n) is 8.57. The number of halogens is 3. The number of fused-ring (bicyclic) bond motifs is 1. The van der Waals surface area contributed by atoms with Gasteiger partial charge in [0.05, 0.1) is 12.1 Å². The van der Waals surface area contributed by atoms with Crippen LogP contribution >= 0.6 is 11.6 Å². The molecule has 0 spiro atoms. The van der Waals surface area contributed by atoms with Gasteiger partial charge in [0.25, 0.3) is 0 Å². The summed E-state index contributed by atoms with van der Waals surface area (Å²) in [4.78, 5) is 0. The molecule has 0 amide bonds. The minimum atomic E-state index is -0.638. The van der Waals surface area contributed by atoms with Crippen LogP contribution in [0.25, 0.3) is 11.1 Å². The Morgan fingerprint density at radius 1 is 1.07 bits per heavy atom. The second kappa shape index (κ2) is 6.86. The molecule has 0 bridgehead atoms. The van der Waals surface area contributed by atoms with Gasteiger partial charge in [0.15, 0.2) is 11.6 Å². The Bertz CT molecular complexity index is 1020. The van der Waals surface area contributed by atoms with Crippen molar-refractivity contribution in [3.8, 4) is 22.6 Å². The highest BCUT2D eigenvalue weighted by molar-refractivity contribution is 6.33. The normalized spacial score (nSPS) is 15.4. The zero-order valence-corrected chi connectivity index (χ0v) is 15.6. The maximum atomic E-state index is 15.1. The van der Waals surface area contributed by atoms with E-state index < -0.39 is 11.6 Å². The Balaban J connectivity index is 1.91. The van der Waals surface area contributed by atoms with Gasteiger partial charge in [-0.3, -0.25) is 0 Å². The molecule has 27 heavy (non-hydrogen) atoms. The maximum Gasteiger partial charge on any atom is 0.173 e. The van der Waals surface area contributed by atoms with E-state index >= 15 is 4.39 Å². The minimum Gasteiger partial charge on any atom is -0.494 e. The molecule has 0 radical (unpaired) electrons. The lowest BCUT2D eigenvalue weighted by Crippen LogP contribution is -2.02. The van der Waals surface area contributed by atoms with Crippen molar-refractivity contribution in [2.45, 2.75) is 19.4 Å². The fourth-order valence-corrected chi connectivity index (χ4v) is 3.82. The second-order valence-electron chi connectivity index (χ2n) is 6.52. The SMILES string of the molecule is COc1ccc(C)c(-c2c(Cl)c(F)cc3c2CC(c2ccccc2)O3)c1F. The molecule has 0 saturated heterocycles. The lowest BCUT2D eigenvalue weighted by atomic mass is 9.91. The highest BCUT2D eigenvalue weighted by Gasteiger charge is 2.32. The molecule has 3 aromatic carbocycles. The molecule has 2 nitrogen and oxygen atoms in total. The highest BCUT2D eigenvalue weighted by atomic mass is 35.5. The molecule has 0 saturated carbocycles. The summed E-state index contributed by atoms with van der Waals surface area (Å²) in [6.07, 6.45) is 0.205. The van der Waals surface area contributed by atoms with E-state index in [9.17, 15) is 4.39 Å². The van der Waals surface area contributed by atoms with E-state index in [4.69, 9.17) is 21.1 Å². The summed E-state index contributed by atoms with van der Waals surface area (Å²) in [6.45, 7) is 1.76. The highest BCUT2D eigenvalue weighted by Crippen LogP contribution is 2.48. The number of rotatable bonds is 3. The van der Waals surface area contributed by atoms with Crippen LogP contribution in [0.1, 0.15) is 22.8 Å². The molecular weight excluding hydrogens is 370 g/mol. The standard InChI is InChI=1S/C22H17ClF2O2/c1-12-8-9-16(26-2)22(25)19(12)20-14-10-17(13-6-4-3-5-7-13)27-18(14)11-15(24)21(20)23/h3-9,11,17H,10H2,1-2H3. The molecule has 0 N–H and O–H groups in total. The minimum absolute atomic E-state index is 0.0863. The van der Waals surface area contributed by atoms with Crippen molar-refractivity contribution in [2.75, 3.05) is 7.11 Å². The predicted molar refractivity (Wildman–Crippen MR) is 102 cm³/mol. The summed E-state index contributed by atoms with van der Waals surface area (Å²) in [5.74, 6) is -0.721. The van der Waals surface area contributed by atoms with Crippen molar-refractivity contribution in [1.29, 1.82) is 0 Å². The fourth-order valence-electron chi connectivity index (χ4n) is 3.56. The molecule has 3 aromatic rings. The van der Waals surface area contributed by atoms with Gasteiger partial charge in [-0.15, -0.1) is 0 Å². The van der Waals surface area contributed by atoms with E-state index in [0.717, 1.165) is 5.56 Å². The monoisotopic (exact) mass is 386 g/mol. The largest absolute Gasteiger partial charge is 0.494 e. The average Bonchev–Trinajstić information content (AvgIpc) is 3.09.